The molecule has 5 heteroatoms. The first-order valence-corrected chi connectivity index (χ1v) is 7.00. The minimum Gasteiger partial charge on any atom is -0.354 e. The molecule has 2 N–H and O–H groups in total. The van der Waals surface area contributed by atoms with Crippen LogP contribution in [0.1, 0.15) is 39.0 Å². The molecule has 102 valence electrons. The SMILES string of the molecule is CCNC(=O)C1(N2CCCCC2=O)CCNCC1. The third-order valence-corrected chi connectivity index (χ3v) is 4.03. The van der Waals surface area contributed by atoms with Crippen LogP contribution in [0, 0.1) is 0 Å². The van der Waals surface area contributed by atoms with Gasteiger partial charge in [-0.1, -0.05) is 0 Å². The van der Waals surface area contributed by atoms with Crippen LogP contribution in [0.4, 0.5) is 0 Å². The van der Waals surface area contributed by atoms with Crippen LogP contribution in [-0.4, -0.2) is 48.4 Å². The number of nitrogens with zero attached hydrogens (tertiary/aromatic N) is 1. The summed E-state index contributed by atoms with van der Waals surface area (Å²) < 4.78 is 0. The van der Waals surface area contributed by atoms with E-state index in [1.165, 1.54) is 0 Å². The van der Waals surface area contributed by atoms with Gasteiger partial charge in [-0.15, -0.1) is 0 Å². The Bertz CT molecular complexity index is 324. The van der Waals surface area contributed by atoms with Gasteiger partial charge in [0, 0.05) is 19.5 Å². The van der Waals surface area contributed by atoms with Gasteiger partial charge in [0.25, 0.3) is 0 Å². The average Bonchev–Trinajstić information content (AvgIpc) is 2.40. The molecule has 2 saturated heterocycles. The van der Waals surface area contributed by atoms with E-state index < -0.39 is 5.54 Å². The van der Waals surface area contributed by atoms with Crippen molar-refractivity contribution in [1.82, 2.24) is 15.5 Å². The minimum atomic E-state index is -0.598. The van der Waals surface area contributed by atoms with E-state index in [1.54, 1.807) is 0 Å². The smallest absolute Gasteiger partial charge is 0.246 e. The van der Waals surface area contributed by atoms with Gasteiger partial charge in [0.05, 0.1) is 0 Å². The normalized spacial score (nSPS) is 23.8. The van der Waals surface area contributed by atoms with Crippen LogP contribution >= 0.6 is 0 Å². The van der Waals surface area contributed by atoms with Gasteiger partial charge < -0.3 is 15.5 Å². The van der Waals surface area contributed by atoms with Crippen LogP contribution in [0.3, 0.4) is 0 Å². The second-order valence-corrected chi connectivity index (χ2v) is 5.14. The highest BCUT2D eigenvalue weighted by Gasteiger charge is 2.47. The fourth-order valence-electron chi connectivity index (χ4n) is 3.04. The molecule has 0 aromatic rings. The van der Waals surface area contributed by atoms with E-state index in [0.717, 1.165) is 45.3 Å². The van der Waals surface area contributed by atoms with Gasteiger partial charge in [0.2, 0.25) is 11.8 Å². The first-order chi connectivity index (χ1) is 8.70. The Morgan fingerprint density at radius 2 is 2.11 bits per heavy atom. The monoisotopic (exact) mass is 253 g/mol. The zero-order valence-corrected chi connectivity index (χ0v) is 11.1. The van der Waals surface area contributed by atoms with Crippen molar-refractivity contribution in [3.63, 3.8) is 0 Å². The Morgan fingerprint density at radius 3 is 2.72 bits per heavy atom. The molecule has 5 nitrogen and oxygen atoms in total. The highest BCUT2D eigenvalue weighted by Crippen LogP contribution is 2.30. The molecule has 0 aromatic heterocycles. The van der Waals surface area contributed by atoms with Gasteiger partial charge in [0.1, 0.15) is 5.54 Å². The minimum absolute atomic E-state index is 0.0294. The summed E-state index contributed by atoms with van der Waals surface area (Å²) in [4.78, 5) is 26.4. The van der Waals surface area contributed by atoms with Crippen molar-refractivity contribution < 1.29 is 9.59 Å². The molecule has 2 rings (SSSR count). The summed E-state index contributed by atoms with van der Waals surface area (Å²) in [6.07, 6.45) is 4.02. The van der Waals surface area contributed by atoms with E-state index in [4.69, 9.17) is 0 Å². The number of likely N-dealkylation sites (tertiary alicyclic amines) is 1. The Labute approximate surface area is 108 Å². The van der Waals surface area contributed by atoms with Gasteiger partial charge >= 0.3 is 0 Å². The Morgan fingerprint density at radius 1 is 1.39 bits per heavy atom. The summed E-state index contributed by atoms with van der Waals surface area (Å²) in [6, 6.07) is 0. The molecule has 2 aliphatic rings. The highest BCUT2D eigenvalue weighted by atomic mass is 16.2. The molecule has 0 spiro atoms. The van der Waals surface area contributed by atoms with Gasteiger partial charge in [0.15, 0.2) is 0 Å². The van der Waals surface area contributed by atoms with Crippen LogP contribution < -0.4 is 10.6 Å². The van der Waals surface area contributed by atoms with Crippen LogP contribution in [-0.2, 0) is 9.59 Å². The van der Waals surface area contributed by atoms with E-state index in [1.807, 2.05) is 11.8 Å². The number of likely N-dealkylation sites (N-methyl/N-ethyl adjacent to an activating group) is 1. The summed E-state index contributed by atoms with van der Waals surface area (Å²) in [5, 5.41) is 6.19. The van der Waals surface area contributed by atoms with Crippen LogP contribution in [0.2, 0.25) is 0 Å². The molecule has 0 saturated carbocycles. The van der Waals surface area contributed by atoms with E-state index in [9.17, 15) is 9.59 Å². The van der Waals surface area contributed by atoms with Crippen molar-refractivity contribution in [3.8, 4) is 0 Å². The standard InChI is InChI=1S/C13H23N3O2/c1-2-15-12(18)13(6-8-14-9-7-13)16-10-4-3-5-11(16)17/h14H,2-10H2,1H3,(H,15,18). The van der Waals surface area contributed by atoms with Gasteiger partial charge in [-0.3, -0.25) is 9.59 Å². The number of rotatable bonds is 3. The predicted octanol–water partition coefficient (Wildman–Crippen LogP) is 0.257. The third kappa shape index (κ3) is 2.36. The molecule has 0 atom stereocenters. The summed E-state index contributed by atoms with van der Waals surface area (Å²) in [7, 11) is 0. The lowest BCUT2D eigenvalue weighted by atomic mass is 9.83. The maximum Gasteiger partial charge on any atom is 0.246 e. The number of piperidine rings is 2. The molecule has 0 bridgehead atoms. The molecule has 18 heavy (non-hydrogen) atoms. The molecule has 0 aliphatic carbocycles. The molecule has 0 unspecified atom stereocenters. The second-order valence-electron chi connectivity index (χ2n) is 5.14. The quantitative estimate of drug-likeness (QED) is 0.758. The van der Waals surface area contributed by atoms with E-state index in [-0.39, 0.29) is 11.8 Å². The lowest BCUT2D eigenvalue weighted by Gasteiger charge is -2.46. The van der Waals surface area contributed by atoms with Crippen LogP contribution in [0.15, 0.2) is 0 Å². The number of amides is 2. The summed E-state index contributed by atoms with van der Waals surface area (Å²) in [6.45, 7) is 4.89. The van der Waals surface area contributed by atoms with Crippen molar-refractivity contribution in [2.24, 2.45) is 0 Å². The zero-order chi connectivity index (χ0) is 13.0. The maximum atomic E-state index is 12.4. The molecule has 0 radical (unpaired) electrons. The third-order valence-electron chi connectivity index (χ3n) is 4.03. The molecule has 2 fully saturated rings. The first-order valence-electron chi connectivity index (χ1n) is 7.00. The molecular weight excluding hydrogens is 230 g/mol. The van der Waals surface area contributed by atoms with Crippen molar-refractivity contribution >= 4 is 11.8 Å². The fraction of sp³-hybridized carbons (Fsp3) is 0.846. The largest absolute Gasteiger partial charge is 0.354 e. The number of hydrogen-bond donors (Lipinski definition) is 2. The topological polar surface area (TPSA) is 61.4 Å². The van der Waals surface area contributed by atoms with Crippen molar-refractivity contribution in [3.05, 3.63) is 0 Å². The van der Waals surface area contributed by atoms with Gasteiger partial charge in [-0.25, -0.2) is 0 Å². The number of nitrogens with one attached hydrogen (secondary N) is 2. The van der Waals surface area contributed by atoms with Crippen LogP contribution in [0.5, 0.6) is 0 Å². The Kier molecular flexibility index (Phi) is 4.22. The number of carbonyl (C=O) groups excluding carboxylic acids is 2. The first kappa shape index (κ1) is 13.3. The van der Waals surface area contributed by atoms with Crippen molar-refractivity contribution in [2.45, 2.75) is 44.6 Å². The summed E-state index contributed by atoms with van der Waals surface area (Å²) >= 11 is 0. The Hall–Kier alpha value is -1.10. The highest BCUT2D eigenvalue weighted by molar-refractivity contribution is 5.92. The Balaban J connectivity index is 2.22. The van der Waals surface area contributed by atoms with E-state index in [0.29, 0.717) is 13.0 Å². The lowest BCUT2D eigenvalue weighted by molar-refractivity contribution is -0.152. The predicted molar refractivity (Wildman–Crippen MR) is 69.1 cm³/mol. The molecule has 0 aromatic carbocycles. The molecule has 2 heterocycles. The molecular formula is C13H23N3O2. The number of hydrogen-bond acceptors (Lipinski definition) is 3. The van der Waals surface area contributed by atoms with Gasteiger partial charge in [-0.2, -0.15) is 0 Å². The fourth-order valence-corrected chi connectivity index (χ4v) is 3.04. The lowest BCUT2D eigenvalue weighted by Crippen LogP contribution is -2.65. The molecule has 2 amide bonds. The van der Waals surface area contributed by atoms with Crippen LogP contribution in [0.25, 0.3) is 0 Å². The van der Waals surface area contributed by atoms with Crippen molar-refractivity contribution in [2.75, 3.05) is 26.2 Å². The zero-order valence-electron chi connectivity index (χ0n) is 11.1. The average molecular weight is 253 g/mol. The van der Waals surface area contributed by atoms with E-state index in [2.05, 4.69) is 10.6 Å². The van der Waals surface area contributed by atoms with Crippen molar-refractivity contribution in [1.29, 1.82) is 0 Å². The molecule has 2 aliphatic heterocycles. The summed E-state index contributed by atoms with van der Waals surface area (Å²) in [5.74, 6) is 0.177. The second kappa shape index (κ2) is 5.69. The van der Waals surface area contributed by atoms with E-state index >= 15 is 0 Å². The van der Waals surface area contributed by atoms with Gasteiger partial charge in [-0.05, 0) is 45.7 Å². The summed E-state index contributed by atoms with van der Waals surface area (Å²) in [5.41, 5.74) is -0.598. The maximum absolute atomic E-state index is 12.4. The number of carbonyl (C=O) groups is 2.